The minimum absolute atomic E-state index is 0.195. The van der Waals surface area contributed by atoms with E-state index in [0.29, 0.717) is 0 Å². The van der Waals surface area contributed by atoms with Gasteiger partial charge >= 0.3 is 36.5 Å². The van der Waals surface area contributed by atoms with E-state index in [1.165, 1.54) is 0 Å². The predicted octanol–water partition coefficient (Wildman–Crippen LogP) is 2.57. The molecule has 22 heteroatoms. The monoisotopic (exact) mass is 582 g/mol. The third-order valence-corrected chi connectivity index (χ3v) is 4.27. The van der Waals surface area contributed by atoms with E-state index in [1.54, 1.807) is 0 Å². The van der Waals surface area contributed by atoms with Crippen molar-refractivity contribution in [2.45, 2.75) is 49.4 Å². The van der Waals surface area contributed by atoms with Crippen LogP contribution in [0.25, 0.3) is 0 Å². The fourth-order valence-corrected chi connectivity index (χ4v) is 2.49. The van der Waals surface area contributed by atoms with Crippen LogP contribution in [0.3, 0.4) is 0 Å². The summed E-state index contributed by atoms with van der Waals surface area (Å²) in [4.78, 5) is 0. The molecule has 4 N–H and O–H groups in total. The first kappa shape index (κ1) is 37.4. The van der Waals surface area contributed by atoms with Crippen LogP contribution in [0.1, 0.15) is 12.8 Å². The van der Waals surface area contributed by atoms with Crippen LogP contribution in [-0.2, 0) is 20.2 Å². The van der Waals surface area contributed by atoms with Gasteiger partial charge in [0.15, 0.2) is 0 Å². The van der Waals surface area contributed by atoms with Crippen LogP contribution in [0.15, 0.2) is 0 Å². The number of halogens is 12. The van der Waals surface area contributed by atoms with Gasteiger partial charge in [0.2, 0.25) is 0 Å². The smallest absolute Gasteiger partial charge is 0.370 e. The minimum atomic E-state index is -5.80. The third kappa shape index (κ3) is 14.3. The van der Waals surface area contributed by atoms with Gasteiger partial charge in [0, 0.05) is 13.2 Å². The van der Waals surface area contributed by atoms with Crippen LogP contribution in [0, 0.1) is 0 Å². The molecule has 210 valence electrons. The van der Waals surface area contributed by atoms with Crippen molar-refractivity contribution in [2.75, 3.05) is 24.7 Å². The summed E-state index contributed by atoms with van der Waals surface area (Å²) in [6.07, 6.45) is -8.01. The van der Waals surface area contributed by atoms with Crippen LogP contribution in [0.2, 0.25) is 0 Å². The Balaban J connectivity index is -0.000000458. The highest BCUT2D eigenvalue weighted by Gasteiger charge is 2.65. The van der Waals surface area contributed by atoms with Crippen molar-refractivity contribution in [3.8, 4) is 0 Å². The molecule has 0 aromatic rings. The summed E-state index contributed by atoms with van der Waals surface area (Å²) in [5.74, 6) is -28.1. The molecule has 0 bridgehead atoms. The number of alkyl halides is 12. The summed E-state index contributed by atoms with van der Waals surface area (Å²) in [7, 11) is -10.9. The molecule has 0 aliphatic carbocycles. The topological polar surface area (TPSA) is 149 Å². The molecular weight excluding hydrogens is 564 g/mol. The predicted molar refractivity (Wildman–Crippen MR) is 88.0 cm³/mol. The fraction of sp³-hybridized carbons (Fsp3) is 1.00. The van der Waals surface area contributed by atoms with E-state index in [-0.39, 0.29) is 13.2 Å². The van der Waals surface area contributed by atoms with E-state index < -0.39 is 68.3 Å². The lowest BCUT2D eigenvalue weighted by Gasteiger charge is -2.24. The van der Waals surface area contributed by atoms with Crippen molar-refractivity contribution in [1.82, 2.24) is 0 Å². The molecule has 0 saturated heterocycles. The Morgan fingerprint density at radius 1 is 0.559 bits per heavy atom. The van der Waals surface area contributed by atoms with Gasteiger partial charge in [-0.1, -0.05) is 0 Å². The lowest BCUT2D eigenvalue weighted by atomic mass is 10.2. The maximum atomic E-state index is 12.2. The van der Waals surface area contributed by atoms with E-state index >= 15 is 0 Å². The zero-order valence-corrected chi connectivity index (χ0v) is 17.8. The molecule has 0 rings (SSSR count). The molecule has 0 saturated carbocycles. The normalized spacial score (nSPS) is 13.8. The zero-order valence-electron chi connectivity index (χ0n) is 16.2. The number of aliphatic hydroxyl groups is 2. The highest BCUT2D eigenvalue weighted by atomic mass is 32.2. The van der Waals surface area contributed by atoms with Crippen LogP contribution >= 0.6 is 0 Å². The maximum absolute atomic E-state index is 12.2. The highest BCUT2D eigenvalue weighted by Crippen LogP contribution is 2.40. The van der Waals surface area contributed by atoms with Crippen molar-refractivity contribution in [3.63, 3.8) is 0 Å². The van der Waals surface area contributed by atoms with Gasteiger partial charge in [-0.25, -0.2) is 17.6 Å². The van der Waals surface area contributed by atoms with Crippen LogP contribution in [0.5, 0.6) is 0 Å². The fourth-order valence-electron chi connectivity index (χ4n) is 1.19. The lowest BCUT2D eigenvalue weighted by Crippen LogP contribution is -2.50. The van der Waals surface area contributed by atoms with Gasteiger partial charge in [-0.05, 0) is 12.8 Å². The number of aliphatic hydroxyl groups excluding tert-OH is 2. The number of hydrogen-bond acceptors (Lipinski definition) is 6. The molecule has 0 aliphatic rings. The second kappa shape index (κ2) is 13.8. The van der Waals surface area contributed by atoms with Gasteiger partial charge in [-0.2, -0.15) is 52.0 Å². The van der Waals surface area contributed by atoms with Gasteiger partial charge in [-0.3, -0.25) is 9.11 Å². The average Bonchev–Trinajstić information content (AvgIpc) is 2.56. The van der Waals surface area contributed by atoms with Crippen LogP contribution in [0.4, 0.5) is 52.7 Å². The molecule has 0 aromatic carbocycles. The average molecular weight is 582 g/mol. The number of unbranched alkanes of at least 4 members (excludes halogenated alkanes) is 1. The molecule has 0 radical (unpaired) electrons. The van der Waals surface area contributed by atoms with Crippen molar-refractivity contribution >= 4 is 20.2 Å². The molecule has 0 heterocycles. The molecule has 0 unspecified atom stereocenters. The second-order valence-electron chi connectivity index (χ2n) is 5.86. The molecule has 0 fully saturated rings. The minimum Gasteiger partial charge on any atom is -0.396 e. The first-order chi connectivity index (χ1) is 14.7. The zero-order chi connectivity index (χ0) is 28.4. The van der Waals surface area contributed by atoms with Crippen molar-refractivity contribution in [2.24, 2.45) is 0 Å². The van der Waals surface area contributed by atoms with E-state index in [9.17, 15) is 69.5 Å². The third-order valence-electron chi connectivity index (χ3n) is 2.82. The molecule has 8 nitrogen and oxygen atoms in total. The van der Waals surface area contributed by atoms with E-state index in [1.807, 2.05) is 0 Å². The number of rotatable bonds is 11. The van der Waals surface area contributed by atoms with Crippen LogP contribution in [-0.4, -0.2) is 97.4 Å². The van der Waals surface area contributed by atoms with Crippen molar-refractivity contribution in [1.29, 1.82) is 0 Å². The first-order valence-corrected chi connectivity index (χ1v) is 11.1. The standard InChI is InChI=1S/2C4H4F6O3S.C4H10O2/c2*5-2(6)4(9,10)3(7,8)1-14(11,12)13;5-3-1-2-4-6/h2*2H,1H2,(H,11,12,13);5-6H,1-4H2. The Hall–Kier alpha value is -1.10. The summed E-state index contributed by atoms with van der Waals surface area (Å²) < 4.78 is 197. The second-order valence-corrected chi connectivity index (χ2v) is 8.77. The molecule has 34 heavy (non-hydrogen) atoms. The summed E-state index contributed by atoms with van der Waals surface area (Å²) in [5.41, 5.74) is 0. The summed E-state index contributed by atoms with van der Waals surface area (Å²) in [5, 5.41) is 16.2. The Bertz CT molecular complexity index is 721. The van der Waals surface area contributed by atoms with E-state index in [0.717, 1.165) is 12.8 Å². The molecule has 0 amide bonds. The van der Waals surface area contributed by atoms with Gasteiger partial charge in [-0.15, -0.1) is 0 Å². The number of hydrogen-bond donors (Lipinski definition) is 4. The lowest BCUT2D eigenvalue weighted by molar-refractivity contribution is -0.253. The van der Waals surface area contributed by atoms with E-state index in [4.69, 9.17) is 19.3 Å². The van der Waals surface area contributed by atoms with Gasteiger partial charge in [0.05, 0.1) is 0 Å². The molecule has 0 aliphatic heterocycles. The molecule has 0 spiro atoms. The van der Waals surface area contributed by atoms with Gasteiger partial charge < -0.3 is 10.2 Å². The van der Waals surface area contributed by atoms with Gasteiger partial charge in [0.25, 0.3) is 20.2 Å². The highest BCUT2D eigenvalue weighted by molar-refractivity contribution is 7.86. The van der Waals surface area contributed by atoms with Crippen molar-refractivity contribution in [3.05, 3.63) is 0 Å². The summed E-state index contributed by atoms with van der Waals surface area (Å²) in [6.45, 7) is 0.390. The van der Waals surface area contributed by atoms with Crippen molar-refractivity contribution < 1.29 is 88.8 Å². The largest absolute Gasteiger partial charge is 0.396 e. The maximum Gasteiger partial charge on any atom is 0.370 e. The van der Waals surface area contributed by atoms with E-state index in [2.05, 4.69) is 0 Å². The first-order valence-electron chi connectivity index (χ1n) is 7.91. The Labute approximate surface area is 184 Å². The summed E-state index contributed by atoms with van der Waals surface area (Å²) in [6, 6.07) is 0. The Kier molecular flexibility index (Phi) is 15.3. The quantitative estimate of drug-likeness (QED) is 0.165. The van der Waals surface area contributed by atoms with Crippen LogP contribution < -0.4 is 0 Å². The summed E-state index contributed by atoms with van der Waals surface area (Å²) >= 11 is 0. The molecule has 0 aromatic heterocycles. The SMILES string of the molecule is O=S(=O)(O)CC(F)(F)C(F)(F)C(F)F.O=S(=O)(O)CC(F)(F)C(F)(F)C(F)F.OCCCCO. The molecular formula is C12H18F12O8S2. The Morgan fingerprint density at radius 2 is 0.765 bits per heavy atom. The Morgan fingerprint density at radius 3 is 0.882 bits per heavy atom. The molecule has 0 atom stereocenters. The van der Waals surface area contributed by atoms with Gasteiger partial charge in [0.1, 0.15) is 11.5 Å².